The molecule has 7 heteroatoms. The lowest BCUT2D eigenvalue weighted by atomic mass is 9.66. The quantitative estimate of drug-likeness (QED) is 0.591. The summed E-state index contributed by atoms with van der Waals surface area (Å²) >= 11 is 0. The molecule has 144 valence electrons. The second-order valence-electron chi connectivity index (χ2n) is 8.68. The molecule has 0 aliphatic carbocycles. The number of halogens is 1. The molecule has 4 nitrogen and oxygen atoms in total. The van der Waals surface area contributed by atoms with Gasteiger partial charge in [0.2, 0.25) is 0 Å². The largest absolute Gasteiger partial charge is 0.491 e. The summed E-state index contributed by atoms with van der Waals surface area (Å²) in [5.74, 6) is -0.662. The average Bonchev–Trinajstić information content (AvgIpc) is 2.52. The lowest BCUT2D eigenvalue weighted by molar-refractivity contribution is 0.419. The number of hydrogen-bond donors (Lipinski definition) is 4. The minimum atomic E-state index is -1.90. The molecule has 0 spiro atoms. The van der Waals surface area contributed by atoms with Gasteiger partial charge in [0.05, 0.1) is 0 Å². The van der Waals surface area contributed by atoms with Crippen LogP contribution in [0.2, 0.25) is 0 Å². The third-order valence-corrected chi connectivity index (χ3v) is 4.89. The van der Waals surface area contributed by atoms with Crippen molar-refractivity contribution >= 4 is 25.2 Å². The van der Waals surface area contributed by atoms with Gasteiger partial charge in [0.25, 0.3) is 0 Å². The summed E-state index contributed by atoms with van der Waals surface area (Å²) in [4.78, 5) is 0. The van der Waals surface area contributed by atoms with Gasteiger partial charge in [-0.1, -0.05) is 65.0 Å². The van der Waals surface area contributed by atoms with Crippen molar-refractivity contribution in [2.75, 3.05) is 0 Å². The molecule has 0 bridgehead atoms. The zero-order chi connectivity index (χ0) is 20.6. The second-order valence-corrected chi connectivity index (χ2v) is 8.68. The molecule has 4 N–H and O–H groups in total. The highest BCUT2D eigenvalue weighted by molar-refractivity contribution is 6.59. The minimum absolute atomic E-state index is 0.128. The molecule has 0 saturated carbocycles. The molecule has 2 aromatic carbocycles. The smallest absolute Gasteiger partial charge is 0.423 e. The van der Waals surface area contributed by atoms with Gasteiger partial charge in [-0.15, -0.1) is 0 Å². The van der Waals surface area contributed by atoms with E-state index in [2.05, 4.69) is 0 Å². The van der Waals surface area contributed by atoms with Crippen molar-refractivity contribution < 1.29 is 24.5 Å². The van der Waals surface area contributed by atoms with E-state index in [-0.39, 0.29) is 10.9 Å². The molecule has 27 heavy (non-hydrogen) atoms. The van der Waals surface area contributed by atoms with E-state index in [1.807, 2.05) is 46.8 Å². The van der Waals surface area contributed by atoms with E-state index in [0.29, 0.717) is 17.4 Å². The number of hydrogen-bond acceptors (Lipinski definition) is 4. The summed E-state index contributed by atoms with van der Waals surface area (Å²) in [6.07, 6.45) is 0.459. The Morgan fingerprint density at radius 1 is 0.852 bits per heavy atom. The van der Waals surface area contributed by atoms with Crippen LogP contribution in [0.25, 0.3) is 0 Å². The van der Waals surface area contributed by atoms with Gasteiger partial charge in [0, 0.05) is 5.46 Å². The van der Waals surface area contributed by atoms with Crippen molar-refractivity contribution in [1.82, 2.24) is 0 Å². The fraction of sp³-hybridized carbons (Fsp3) is 0.400. The molecule has 0 radical (unpaired) electrons. The van der Waals surface area contributed by atoms with E-state index in [1.54, 1.807) is 18.2 Å². The Morgan fingerprint density at radius 3 is 2.00 bits per heavy atom. The van der Waals surface area contributed by atoms with E-state index in [1.165, 1.54) is 6.07 Å². The summed E-state index contributed by atoms with van der Waals surface area (Å²) in [6.45, 7) is 9.78. The van der Waals surface area contributed by atoms with E-state index in [0.717, 1.165) is 11.1 Å². The van der Waals surface area contributed by atoms with Crippen LogP contribution in [-0.4, -0.2) is 34.3 Å². The van der Waals surface area contributed by atoms with E-state index >= 15 is 0 Å². The van der Waals surface area contributed by atoms with E-state index in [4.69, 9.17) is 0 Å². The summed E-state index contributed by atoms with van der Waals surface area (Å²) in [5, 5.41) is 38.8. The lowest BCUT2D eigenvalue weighted by Crippen LogP contribution is -2.41. The first-order valence-electron chi connectivity index (χ1n) is 8.99. The van der Waals surface area contributed by atoms with Crippen molar-refractivity contribution in [2.45, 2.75) is 51.9 Å². The first kappa shape index (κ1) is 21.6. The van der Waals surface area contributed by atoms with Gasteiger partial charge in [0.15, 0.2) is 0 Å². The van der Waals surface area contributed by atoms with Crippen molar-refractivity contribution in [3.63, 3.8) is 0 Å². The molecule has 2 aromatic rings. The van der Waals surface area contributed by atoms with Crippen LogP contribution < -0.4 is 10.9 Å². The first-order chi connectivity index (χ1) is 12.3. The van der Waals surface area contributed by atoms with Crippen LogP contribution in [0.15, 0.2) is 36.4 Å². The molecule has 0 amide bonds. The average molecular weight is 372 g/mol. The number of rotatable bonds is 5. The van der Waals surface area contributed by atoms with Gasteiger partial charge in [-0.25, -0.2) is 4.39 Å². The van der Waals surface area contributed by atoms with Crippen molar-refractivity contribution in [2.24, 2.45) is 0 Å². The first-order valence-corrected chi connectivity index (χ1v) is 8.99. The van der Waals surface area contributed by atoms with Crippen LogP contribution in [0.3, 0.4) is 0 Å². The van der Waals surface area contributed by atoms with Crippen LogP contribution in [0.4, 0.5) is 4.39 Å². The molecular weight excluding hydrogens is 345 g/mol. The minimum Gasteiger partial charge on any atom is -0.423 e. The van der Waals surface area contributed by atoms with Crippen LogP contribution in [-0.2, 0) is 17.3 Å². The van der Waals surface area contributed by atoms with Crippen LogP contribution in [0.1, 0.15) is 51.3 Å². The Hall–Kier alpha value is -1.66. The molecule has 0 aliphatic heterocycles. The van der Waals surface area contributed by atoms with Gasteiger partial charge < -0.3 is 20.1 Å². The topological polar surface area (TPSA) is 80.9 Å². The second kappa shape index (κ2) is 7.76. The standard InChI is InChI=1S/C20H27B2FO4/c1-19(2,3)14-10-9-13(11-16(14)21(24)25)12-20(4,5)15-7-6-8-17(23)18(15)22(26)27/h6-11,24-27H,12H2,1-5H3. The fourth-order valence-electron chi connectivity index (χ4n) is 3.61. The molecule has 0 heterocycles. The molecule has 0 saturated heterocycles. The zero-order valence-electron chi connectivity index (χ0n) is 16.5. The SMILES string of the molecule is CC(C)(C)c1ccc(CC(C)(C)c2cccc(F)c2B(O)O)cc1B(O)O. The maximum atomic E-state index is 14.1. The van der Waals surface area contributed by atoms with E-state index < -0.39 is 25.5 Å². The van der Waals surface area contributed by atoms with Gasteiger partial charge >= 0.3 is 14.2 Å². The predicted octanol–water partition coefficient (Wildman–Crippen LogP) is 1.00. The Labute approximate surface area is 161 Å². The Kier molecular flexibility index (Phi) is 6.22. The van der Waals surface area contributed by atoms with Crippen molar-refractivity contribution in [3.8, 4) is 0 Å². The monoisotopic (exact) mass is 372 g/mol. The Balaban J connectivity index is 2.48. The van der Waals surface area contributed by atoms with Crippen LogP contribution in [0.5, 0.6) is 0 Å². The Bertz CT molecular complexity index is 814. The molecule has 0 atom stereocenters. The summed E-state index contributed by atoms with van der Waals surface area (Å²) in [7, 11) is -3.50. The van der Waals surface area contributed by atoms with Gasteiger partial charge in [-0.2, -0.15) is 0 Å². The normalized spacial score (nSPS) is 12.2. The predicted molar refractivity (Wildman–Crippen MR) is 108 cm³/mol. The third-order valence-electron chi connectivity index (χ3n) is 4.89. The highest BCUT2D eigenvalue weighted by Gasteiger charge is 2.31. The summed E-state index contributed by atoms with van der Waals surface area (Å²) < 4.78 is 14.1. The molecule has 2 rings (SSSR count). The summed E-state index contributed by atoms with van der Waals surface area (Å²) in [5.41, 5.74) is 1.65. The van der Waals surface area contributed by atoms with Gasteiger partial charge in [0.1, 0.15) is 5.82 Å². The maximum Gasteiger partial charge on any atom is 0.491 e. The van der Waals surface area contributed by atoms with Crippen LogP contribution >= 0.6 is 0 Å². The van der Waals surface area contributed by atoms with Crippen LogP contribution in [0, 0.1) is 5.82 Å². The third kappa shape index (κ3) is 4.79. The van der Waals surface area contributed by atoms with Gasteiger partial charge in [-0.05, 0) is 45.5 Å². The number of benzene rings is 2. The van der Waals surface area contributed by atoms with Crippen molar-refractivity contribution in [1.29, 1.82) is 0 Å². The highest BCUT2D eigenvalue weighted by atomic mass is 19.1. The zero-order valence-corrected chi connectivity index (χ0v) is 16.5. The summed E-state index contributed by atoms with van der Waals surface area (Å²) in [6, 6.07) is 9.98. The van der Waals surface area contributed by atoms with Gasteiger partial charge in [-0.3, -0.25) is 0 Å². The molecule has 0 aromatic heterocycles. The molecular formula is C20H27B2FO4. The fourth-order valence-corrected chi connectivity index (χ4v) is 3.61. The molecule has 0 aliphatic rings. The molecule has 0 fully saturated rings. The molecule has 0 unspecified atom stereocenters. The Morgan fingerprint density at radius 2 is 1.48 bits per heavy atom. The highest BCUT2D eigenvalue weighted by Crippen LogP contribution is 2.28. The van der Waals surface area contributed by atoms with Crippen molar-refractivity contribution in [3.05, 3.63) is 58.9 Å². The van der Waals surface area contributed by atoms with E-state index in [9.17, 15) is 24.5 Å². The maximum absolute atomic E-state index is 14.1. The lowest BCUT2D eigenvalue weighted by Gasteiger charge is -2.29.